The molecule has 0 aromatic heterocycles. The molecule has 2 heterocycles. The Bertz CT molecular complexity index is 1530. The molecule has 4 aromatic rings. The molecule has 0 N–H and O–H groups in total. The molecular formula is C44H60Na2O2P4. The molecule has 0 aliphatic carbocycles. The van der Waals surface area contributed by atoms with Gasteiger partial charge in [-0.25, -0.2) is 14.6 Å². The Labute approximate surface area is 367 Å². The number of hydrogen-bond acceptors (Lipinski definition) is 2. The number of benzene rings is 4. The summed E-state index contributed by atoms with van der Waals surface area (Å²) < 4.78 is 9.89. The van der Waals surface area contributed by atoms with Crippen LogP contribution in [-0.2, 0) is 9.47 Å². The monoisotopic (exact) mass is 790 g/mol. The molecule has 8 heteroatoms. The fraction of sp³-hybridized carbons (Fsp3) is 0.455. The third-order valence-electron chi connectivity index (χ3n) is 9.17. The number of ether oxygens (including phenoxy) is 2. The van der Waals surface area contributed by atoms with Crippen LogP contribution in [0.4, 0.5) is 0 Å². The van der Waals surface area contributed by atoms with Crippen LogP contribution < -0.4 is 80.3 Å². The molecule has 2 nitrogen and oxygen atoms in total. The van der Waals surface area contributed by atoms with Crippen LogP contribution in [0.2, 0.25) is 0 Å². The number of hydrogen-bond donors (Lipinski definition) is 0. The summed E-state index contributed by atoms with van der Waals surface area (Å²) in [6, 6.07) is 19.2. The van der Waals surface area contributed by atoms with E-state index in [4.69, 9.17) is 9.47 Å². The standard InChI is InChI=1S/C36H44P4.2C4H8O.2Na/c1-21-13-25(5)33(26(6)14-21)37-39(35-29(9)17-23(3)18-30(35)10)40(36-31(11)19-24(4)20-32(36)12)38-34-27(7)15-22(2)16-28(34)8;2*1-2-4-5-3-1;;/h13-20H,1-12H3;2*1-4H2;;/q-2;;;2*+1. The van der Waals surface area contributed by atoms with Gasteiger partial charge in [-0.3, -0.25) is 0 Å². The summed E-state index contributed by atoms with van der Waals surface area (Å²) in [5.41, 5.74) is 17.0. The van der Waals surface area contributed by atoms with E-state index in [1.165, 1.54) is 120 Å². The van der Waals surface area contributed by atoms with Crippen molar-refractivity contribution in [1.29, 1.82) is 0 Å². The third kappa shape index (κ3) is 13.9. The minimum atomic E-state index is -0.541. The maximum absolute atomic E-state index is 4.94. The van der Waals surface area contributed by atoms with Crippen molar-refractivity contribution in [3.63, 3.8) is 0 Å². The van der Waals surface area contributed by atoms with E-state index in [-0.39, 0.29) is 59.1 Å². The second kappa shape index (κ2) is 23.7. The Morgan fingerprint density at radius 2 is 0.577 bits per heavy atom. The molecule has 0 amide bonds. The van der Waals surface area contributed by atoms with Crippen molar-refractivity contribution in [3.05, 3.63) is 115 Å². The zero-order chi connectivity index (χ0) is 36.5. The summed E-state index contributed by atoms with van der Waals surface area (Å²) in [6.45, 7) is 31.7. The second-order valence-electron chi connectivity index (χ2n) is 14.4. The van der Waals surface area contributed by atoms with Gasteiger partial charge in [0.15, 0.2) is 0 Å². The predicted octanol–water partition coefficient (Wildman–Crippen LogP) is 6.19. The van der Waals surface area contributed by atoms with E-state index in [0.717, 1.165) is 26.4 Å². The summed E-state index contributed by atoms with van der Waals surface area (Å²) in [6.07, 6.45) is 5.11. The first-order valence-corrected chi connectivity index (χ1v) is 24.9. The van der Waals surface area contributed by atoms with Gasteiger partial charge in [-0.2, -0.15) is 10.6 Å². The zero-order valence-corrected chi connectivity index (χ0v) is 42.5. The second-order valence-corrected chi connectivity index (χ2v) is 25.6. The molecule has 2 unspecified atom stereocenters. The van der Waals surface area contributed by atoms with Gasteiger partial charge >= 0.3 is 59.1 Å². The van der Waals surface area contributed by atoms with Crippen molar-refractivity contribution in [2.75, 3.05) is 26.4 Å². The Hall–Kier alpha value is 0.520. The fourth-order valence-corrected chi connectivity index (χ4v) is 26.7. The SMILES string of the molecule is C1CCOC1.C1CCOC1.Cc1cc(C)c([P-]P(c2c(C)cc(C)cc2C)P([P-]c2c(C)cc(C)cc2C)c2c(C)cc(C)cc2C)c(C)c1.[Na+].[Na+]. The van der Waals surface area contributed by atoms with E-state index in [1.807, 2.05) is 0 Å². The third-order valence-corrected chi connectivity index (χ3v) is 25.8. The summed E-state index contributed by atoms with van der Waals surface area (Å²) in [5, 5.41) is 6.28. The molecule has 0 bridgehead atoms. The summed E-state index contributed by atoms with van der Waals surface area (Å²) in [4.78, 5) is 0. The molecule has 270 valence electrons. The van der Waals surface area contributed by atoms with Gasteiger partial charge in [0.25, 0.3) is 0 Å². The zero-order valence-electron chi connectivity index (χ0n) is 34.9. The molecule has 2 fully saturated rings. The van der Waals surface area contributed by atoms with Gasteiger partial charge in [0.2, 0.25) is 0 Å². The molecule has 2 atom stereocenters. The van der Waals surface area contributed by atoms with Crippen molar-refractivity contribution in [2.45, 2.75) is 109 Å². The first kappa shape index (κ1) is 48.7. The normalized spacial score (nSPS) is 15.1. The van der Waals surface area contributed by atoms with Gasteiger partial charge in [0.05, 0.1) is 0 Å². The number of rotatable bonds is 7. The van der Waals surface area contributed by atoms with E-state index < -0.39 is 14.6 Å². The molecule has 4 aromatic carbocycles. The van der Waals surface area contributed by atoms with E-state index >= 15 is 0 Å². The summed E-state index contributed by atoms with van der Waals surface area (Å²) in [5.74, 6) is 0. The van der Waals surface area contributed by atoms with Crippen molar-refractivity contribution < 1.29 is 68.6 Å². The van der Waals surface area contributed by atoms with E-state index in [9.17, 15) is 0 Å². The van der Waals surface area contributed by atoms with Crippen LogP contribution in [0.3, 0.4) is 0 Å². The van der Waals surface area contributed by atoms with E-state index in [0.29, 0.717) is 0 Å². The van der Waals surface area contributed by atoms with E-state index in [1.54, 1.807) is 10.6 Å². The molecule has 2 aliphatic heterocycles. The first-order valence-electron chi connectivity index (χ1n) is 18.3. The van der Waals surface area contributed by atoms with Crippen LogP contribution in [0.25, 0.3) is 0 Å². The van der Waals surface area contributed by atoms with E-state index in [2.05, 4.69) is 132 Å². The molecule has 0 radical (unpaired) electrons. The van der Waals surface area contributed by atoms with Crippen molar-refractivity contribution >= 4 is 52.4 Å². The summed E-state index contributed by atoms with van der Waals surface area (Å²) >= 11 is 0. The van der Waals surface area contributed by atoms with Crippen LogP contribution in [0.5, 0.6) is 0 Å². The molecular weight excluding hydrogens is 730 g/mol. The Morgan fingerprint density at radius 3 is 0.769 bits per heavy atom. The van der Waals surface area contributed by atoms with Crippen molar-refractivity contribution in [1.82, 2.24) is 0 Å². The van der Waals surface area contributed by atoms with Gasteiger partial charge < -0.3 is 26.0 Å². The van der Waals surface area contributed by atoms with Gasteiger partial charge in [-0.05, 0) is 142 Å². The van der Waals surface area contributed by atoms with Gasteiger partial charge in [0.1, 0.15) is 0 Å². The quantitative estimate of drug-likeness (QED) is 0.164. The molecule has 2 aliphatic rings. The number of aryl methyl sites for hydroxylation is 12. The Balaban J connectivity index is 0.000000671. The maximum atomic E-state index is 4.94. The molecule has 52 heavy (non-hydrogen) atoms. The average Bonchev–Trinajstić information content (AvgIpc) is 3.78. The topological polar surface area (TPSA) is 18.5 Å². The van der Waals surface area contributed by atoms with Gasteiger partial charge in [-0.15, -0.1) is 0 Å². The minimum Gasteiger partial charge on any atom is -0.466 e. The summed E-state index contributed by atoms with van der Waals surface area (Å²) in [7, 11) is 1.88. The first-order chi connectivity index (χ1) is 23.8. The van der Waals surface area contributed by atoms with Gasteiger partial charge in [0, 0.05) is 26.4 Å². The maximum Gasteiger partial charge on any atom is 1.00 e. The van der Waals surface area contributed by atoms with Crippen molar-refractivity contribution in [2.24, 2.45) is 0 Å². The molecule has 6 rings (SSSR count). The average molecular weight is 791 g/mol. The van der Waals surface area contributed by atoms with Gasteiger partial charge in [-0.1, -0.05) is 93.0 Å². The Kier molecular flexibility index (Phi) is 22.2. The van der Waals surface area contributed by atoms with Crippen LogP contribution >= 0.6 is 31.1 Å². The van der Waals surface area contributed by atoms with Crippen LogP contribution in [-0.4, -0.2) is 26.4 Å². The molecule has 2 saturated heterocycles. The van der Waals surface area contributed by atoms with Crippen molar-refractivity contribution in [3.8, 4) is 0 Å². The van der Waals surface area contributed by atoms with Crippen LogP contribution in [0.15, 0.2) is 48.5 Å². The predicted molar refractivity (Wildman–Crippen MR) is 229 cm³/mol. The largest absolute Gasteiger partial charge is 1.00 e. The van der Waals surface area contributed by atoms with Crippen LogP contribution in [0, 0.1) is 83.1 Å². The Morgan fingerprint density at radius 1 is 0.365 bits per heavy atom. The molecule has 0 saturated carbocycles. The fourth-order valence-electron chi connectivity index (χ4n) is 7.22. The smallest absolute Gasteiger partial charge is 0.466 e. The van der Waals surface area contributed by atoms with Crippen LogP contribution in [0.1, 0.15) is 92.4 Å². The molecule has 0 spiro atoms. The minimum absolute atomic E-state index is 0.